The molecule has 1 aliphatic rings. The number of benzene rings is 1. The standard InChI is InChI=1S/C11H15N3S/c1-14(2)11-13-10(7-15-11)8-3-5-9(12)6-4-8/h3-6,10H,7,12H2,1-2H3. The second kappa shape index (κ2) is 4.14. The molecule has 0 bridgehead atoms. The van der Waals surface area contributed by atoms with Gasteiger partial charge in [0.1, 0.15) is 0 Å². The molecule has 2 rings (SSSR count). The molecule has 0 fully saturated rings. The summed E-state index contributed by atoms with van der Waals surface area (Å²) in [5.74, 6) is 1.03. The maximum absolute atomic E-state index is 5.65. The van der Waals surface area contributed by atoms with Crippen LogP contribution in [0.4, 0.5) is 5.69 Å². The van der Waals surface area contributed by atoms with Crippen LogP contribution in [0, 0.1) is 0 Å². The fraction of sp³-hybridized carbons (Fsp3) is 0.364. The topological polar surface area (TPSA) is 41.6 Å². The van der Waals surface area contributed by atoms with Crippen LogP contribution in [0.5, 0.6) is 0 Å². The normalized spacial score (nSPS) is 20.1. The first-order valence-corrected chi connectivity index (χ1v) is 5.89. The minimum atomic E-state index is 0.285. The SMILES string of the molecule is CN(C)C1=NC(c2ccc(N)cc2)CS1. The number of nitrogens with two attached hydrogens (primary N) is 1. The van der Waals surface area contributed by atoms with E-state index in [1.54, 1.807) is 11.8 Å². The fourth-order valence-corrected chi connectivity index (χ4v) is 2.53. The Balaban J connectivity index is 2.17. The molecule has 0 saturated heterocycles. The first kappa shape index (κ1) is 10.4. The average molecular weight is 221 g/mol. The third-order valence-corrected chi connectivity index (χ3v) is 3.55. The Morgan fingerprint density at radius 3 is 2.53 bits per heavy atom. The highest BCUT2D eigenvalue weighted by molar-refractivity contribution is 8.14. The fourth-order valence-electron chi connectivity index (χ4n) is 1.49. The van der Waals surface area contributed by atoms with Crippen molar-refractivity contribution >= 4 is 22.6 Å². The van der Waals surface area contributed by atoms with Gasteiger partial charge in [0.2, 0.25) is 0 Å². The Kier molecular flexibility index (Phi) is 2.86. The van der Waals surface area contributed by atoms with Gasteiger partial charge in [-0.3, -0.25) is 4.99 Å². The zero-order valence-electron chi connectivity index (χ0n) is 8.97. The summed E-state index contributed by atoms with van der Waals surface area (Å²) in [6.45, 7) is 0. The van der Waals surface area contributed by atoms with Crippen molar-refractivity contribution in [2.45, 2.75) is 6.04 Å². The molecule has 80 valence electrons. The van der Waals surface area contributed by atoms with E-state index < -0.39 is 0 Å². The third kappa shape index (κ3) is 2.26. The van der Waals surface area contributed by atoms with Gasteiger partial charge in [-0.25, -0.2) is 0 Å². The molecule has 1 aliphatic heterocycles. The van der Waals surface area contributed by atoms with Gasteiger partial charge in [-0.2, -0.15) is 0 Å². The van der Waals surface area contributed by atoms with Crippen molar-refractivity contribution < 1.29 is 0 Å². The van der Waals surface area contributed by atoms with Crippen LogP contribution in [-0.2, 0) is 0 Å². The number of hydrogen-bond acceptors (Lipinski definition) is 4. The molecule has 0 amide bonds. The smallest absolute Gasteiger partial charge is 0.159 e. The van der Waals surface area contributed by atoms with E-state index in [9.17, 15) is 0 Å². The highest BCUT2D eigenvalue weighted by Gasteiger charge is 2.20. The van der Waals surface area contributed by atoms with Crippen molar-refractivity contribution in [1.82, 2.24) is 4.90 Å². The zero-order valence-corrected chi connectivity index (χ0v) is 9.79. The lowest BCUT2D eigenvalue weighted by Gasteiger charge is -2.09. The maximum atomic E-state index is 5.65. The lowest BCUT2D eigenvalue weighted by Crippen LogP contribution is -2.16. The second-order valence-corrected chi connectivity index (χ2v) is 4.79. The number of hydrogen-bond donors (Lipinski definition) is 1. The lowest BCUT2D eigenvalue weighted by atomic mass is 10.1. The van der Waals surface area contributed by atoms with Crippen LogP contribution >= 0.6 is 11.8 Å². The van der Waals surface area contributed by atoms with Crippen LogP contribution in [0.1, 0.15) is 11.6 Å². The highest BCUT2D eigenvalue weighted by Crippen LogP contribution is 2.31. The molecule has 0 spiro atoms. The number of thioether (sulfide) groups is 1. The molecule has 2 N–H and O–H groups in total. The van der Waals surface area contributed by atoms with Crippen LogP contribution < -0.4 is 5.73 Å². The molecule has 0 aromatic heterocycles. The molecule has 0 aliphatic carbocycles. The van der Waals surface area contributed by atoms with Gasteiger partial charge in [0.05, 0.1) is 6.04 Å². The Morgan fingerprint density at radius 2 is 2.00 bits per heavy atom. The van der Waals surface area contributed by atoms with E-state index in [2.05, 4.69) is 22.0 Å². The molecular formula is C11H15N3S. The van der Waals surface area contributed by atoms with Gasteiger partial charge in [-0.15, -0.1) is 0 Å². The molecular weight excluding hydrogens is 206 g/mol. The van der Waals surface area contributed by atoms with Crippen molar-refractivity contribution in [1.29, 1.82) is 0 Å². The number of nitrogen functional groups attached to an aromatic ring is 1. The van der Waals surface area contributed by atoms with Gasteiger partial charge >= 0.3 is 0 Å². The number of amidine groups is 1. The van der Waals surface area contributed by atoms with Gasteiger partial charge in [0.25, 0.3) is 0 Å². The van der Waals surface area contributed by atoms with Gasteiger partial charge in [0, 0.05) is 25.5 Å². The van der Waals surface area contributed by atoms with Crippen LogP contribution in [-0.4, -0.2) is 29.9 Å². The van der Waals surface area contributed by atoms with Crippen LogP contribution in [0.15, 0.2) is 29.3 Å². The minimum Gasteiger partial charge on any atom is -0.399 e. The monoisotopic (exact) mass is 221 g/mol. The number of aliphatic imine (C=N–C) groups is 1. The summed E-state index contributed by atoms with van der Waals surface area (Å²) in [7, 11) is 4.05. The molecule has 4 heteroatoms. The Hall–Kier alpha value is -1.16. The summed E-state index contributed by atoms with van der Waals surface area (Å²) in [6.07, 6.45) is 0. The molecule has 1 unspecified atom stereocenters. The lowest BCUT2D eigenvalue weighted by molar-refractivity contribution is 0.630. The molecule has 0 saturated carbocycles. The van der Waals surface area contributed by atoms with Crippen LogP contribution in [0.2, 0.25) is 0 Å². The number of nitrogens with zero attached hydrogens (tertiary/aromatic N) is 2. The summed E-state index contributed by atoms with van der Waals surface area (Å²) in [6, 6.07) is 8.27. The second-order valence-electron chi connectivity index (χ2n) is 3.80. The average Bonchev–Trinajstić information content (AvgIpc) is 2.68. The predicted molar refractivity (Wildman–Crippen MR) is 67.2 cm³/mol. The van der Waals surface area contributed by atoms with Crippen molar-refractivity contribution in [3.8, 4) is 0 Å². The molecule has 1 aromatic rings. The summed E-state index contributed by atoms with van der Waals surface area (Å²) >= 11 is 1.80. The van der Waals surface area contributed by atoms with E-state index >= 15 is 0 Å². The first-order chi connectivity index (χ1) is 7.16. The van der Waals surface area contributed by atoms with Crippen LogP contribution in [0.3, 0.4) is 0 Å². The number of rotatable bonds is 1. The van der Waals surface area contributed by atoms with Crippen molar-refractivity contribution in [3.63, 3.8) is 0 Å². The molecule has 15 heavy (non-hydrogen) atoms. The van der Waals surface area contributed by atoms with E-state index in [-0.39, 0.29) is 6.04 Å². The molecule has 1 heterocycles. The molecule has 3 nitrogen and oxygen atoms in total. The van der Waals surface area contributed by atoms with Gasteiger partial charge < -0.3 is 10.6 Å². The van der Waals surface area contributed by atoms with Gasteiger partial charge in [0.15, 0.2) is 5.17 Å². The van der Waals surface area contributed by atoms with E-state index in [1.807, 2.05) is 26.2 Å². The van der Waals surface area contributed by atoms with Gasteiger partial charge in [-0.1, -0.05) is 23.9 Å². The maximum Gasteiger partial charge on any atom is 0.159 e. The van der Waals surface area contributed by atoms with Crippen LogP contribution in [0.25, 0.3) is 0 Å². The Labute approximate surface area is 94.4 Å². The highest BCUT2D eigenvalue weighted by atomic mass is 32.2. The molecule has 1 atom stereocenters. The van der Waals surface area contributed by atoms with E-state index in [4.69, 9.17) is 5.73 Å². The summed E-state index contributed by atoms with van der Waals surface area (Å²) < 4.78 is 0. The van der Waals surface area contributed by atoms with Crippen molar-refractivity contribution in [2.24, 2.45) is 4.99 Å². The van der Waals surface area contributed by atoms with E-state index in [0.717, 1.165) is 16.6 Å². The van der Waals surface area contributed by atoms with E-state index in [0.29, 0.717) is 0 Å². The minimum absolute atomic E-state index is 0.285. The summed E-state index contributed by atoms with van der Waals surface area (Å²) in [5, 5.41) is 1.11. The van der Waals surface area contributed by atoms with Crippen molar-refractivity contribution in [3.05, 3.63) is 29.8 Å². The largest absolute Gasteiger partial charge is 0.399 e. The quantitative estimate of drug-likeness (QED) is 0.737. The van der Waals surface area contributed by atoms with E-state index in [1.165, 1.54) is 5.56 Å². The third-order valence-electron chi connectivity index (χ3n) is 2.34. The van der Waals surface area contributed by atoms with Gasteiger partial charge in [-0.05, 0) is 17.7 Å². The Morgan fingerprint density at radius 1 is 1.33 bits per heavy atom. The molecule has 1 aromatic carbocycles. The Bertz CT molecular complexity index is 370. The van der Waals surface area contributed by atoms with Crippen molar-refractivity contribution in [2.75, 3.05) is 25.6 Å². The molecule has 0 radical (unpaired) electrons. The summed E-state index contributed by atoms with van der Waals surface area (Å²) in [5.41, 5.74) is 7.70. The summed E-state index contributed by atoms with van der Waals surface area (Å²) in [4.78, 5) is 6.71. The first-order valence-electron chi connectivity index (χ1n) is 4.90. The number of anilines is 1. The predicted octanol–water partition coefficient (Wildman–Crippen LogP) is 1.97. The zero-order chi connectivity index (χ0) is 10.8.